The number of carbonyl (C=O) groups excluding carboxylic acids is 1. The van der Waals surface area contributed by atoms with Crippen molar-refractivity contribution >= 4 is 33.3 Å². The summed E-state index contributed by atoms with van der Waals surface area (Å²) < 4.78 is 36.0. The number of sulfone groups is 1. The van der Waals surface area contributed by atoms with Gasteiger partial charge in [-0.05, 0) is 24.6 Å². The standard InChI is InChI=1S/C18H21N3O5S2/c1-25-15-4-3-11(7-16(15)26-2)18(22)19-17-13-8-27-9-14(13)20-21(17)12-5-6-28(23,24)10-12/h3-4,7,12H,5-6,8-10H2,1-2H3,(H,19,22). The molecule has 8 nitrogen and oxygen atoms in total. The average molecular weight is 424 g/mol. The van der Waals surface area contributed by atoms with Gasteiger partial charge in [-0.2, -0.15) is 16.9 Å². The zero-order chi connectivity index (χ0) is 19.9. The van der Waals surface area contributed by atoms with Gasteiger partial charge in [-0.3, -0.25) is 4.79 Å². The van der Waals surface area contributed by atoms with E-state index < -0.39 is 9.84 Å². The molecule has 1 unspecified atom stereocenters. The zero-order valence-electron chi connectivity index (χ0n) is 15.6. The lowest BCUT2D eigenvalue weighted by molar-refractivity contribution is 0.102. The summed E-state index contributed by atoms with van der Waals surface area (Å²) in [6.45, 7) is 0. The van der Waals surface area contributed by atoms with Gasteiger partial charge in [-0.15, -0.1) is 0 Å². The van der Waals surface area contributed by atoms with Crippen molar-refractivity contribution in [1.82, 2.24) is 9.78 Å². The molecule has 1 N–H and O–H groups in total. The van der Waals surface area contributed by atoms with Gasteiger partial charge >= 0.3 is 0 Å². The maximum Gasteiger partial charge on any atom is 0.256 e. The molecule has 150 valence electrons. The Morgan fingerprint density at radius 3 is 2.71 bits per heavy atom. The van der Waals surface area contributed by atoms with Gasteiger partial charge in [-0.25, -0.2) is 13.1 Å². The molecule has 1 aromatic carbocycles. The third-order valence-electron chi connectivity index (χ3n) is 5.01. The molecule has 3 heterocycles. The maximum atomic E-state index is 12.9. The first-order valence-electron chi connectivity index (χ1n) is 8.83. The van der Waals surface area contributed by atoms with Crippen LogP contribution in [0.5, 0.6) is 11.5 Å². The Kier molecular flexibility index (Phi) is 5.00. The number of hydrogen-bond acceptors (Lipinski definition) is 7. The highest BCUT2D eigenvalue weighted by Gasteiger charge is 2.34. The Balaban J connectivity index is 1.65. The van der Waals surface area contributed by atoms with Crippen molar-refractivity contribution in [2.24, 2.45) is 0 Å². The smallest absolute Gasteiger partial charge is 0.256 e. The number of fused-ring (bicyclic) bond motifs is 1. The molecule has 0 spiro atoms. The van der Waals surface area contributed by atoms with E-state index in [4.69, 9.17) is 9.47 Å². The van der Waals surface area contributed by atoms with E-state index in [-0.39, 0.29) is 23.5 Å². The largest absolute Gasteiger partial charge is 0.493 e. The number of ether oxygens (including phenoxy) is 2. The number of benzene rings is 1. The summed E-state index contributed by atoms with van der Waals surface area (Å²) in [4.78, 5) is 12.9. The molecule has 2 aromatic rings. The molecule has 1 saturated heterocycles. The highest BCUT2D eigenvalue weighted by atomic mass is 32.2. The quantitative estimate of drug-likeness (QED) is 0.787. The van der Waals surface area contributed by atoms with Crippen LogP contribution in [0.4, 0.5) is 5.82 Å². The number of amides is 1. The van der Waals surface area contributed by atoms with Crippen LogP contribution in [0, 0.1) is 0 Å². The topological polar surface area (TPSA) is 99.5 Å². The first-order chi connectivity index (χ1) is 13.4. The number of anilines is 1. The lowest BCUT2D eigenvalue weighted by atomic mass is 10.1. The molecule has 1 aromatic heterocycles. The molecular formula is C18H21N3O5S2. The average Bonchev–Trinajstić information content (AvgIpc) is 3.36. The van der Waals surface area contributed by atoms with Crippen LogP contribution in [0.3, 0.4) is 0 Å². The molecule has 0 bridgehead atoms. The number of aromatic nitrogens is 2. The molecule has 10 heteroatoms. The van der Waals surface area contributed by atoms with E-state index >= 15 is 0 Å². The molecule has 1 amide bonds. The van der Waals surface area contributed by atoms with E-state index in [1.54, 1.807) is 34.6 Å². The molecule has 2 aliphatic heterocycles. The summed E-state index contributed by atoms with van der Waals surface area (Å²) in [7, 11) is -0.0115. The Morgan fingerprint density at radius 2 is 2.04 bits per heavy atom. The number of nitrogens with one attached hydrogen (secondary N) is 1. The minimum Gasteiger partial charge on any atom is -0.493 e. The molecule has 0 aliphatic carbocycles. The minimum absolute atomic E-state index is 0.0555. The molecule has 1 atom stereocenters. The minimum atomic E-state index is -3.06. The van der Waals surface area contributed by atoms with Crippen LogP contribution >= 0.6 is 11.8 Å². The van der Waals surface area contributed by atoms with Crippen LogP contribution in [0.15, 0.2) is 18.2 Å². The SMILES string of the molecule is COc1ccc(C(=O)Nc2c3c(nn2C2CCS(=O)(=O)C2)CSC3)cc1OC. The van der Waals surface area contributed by atoms with Crippen LogP contribution in [0.25, 0.3) is 0 Å². The summed E-state index contributed by atoms with van der Waals surface area (Å²) >= 11 is 1.73. The number of carbonyl (C=O) groups is 1. The zero-order valence-corrected chi connectivity index (χ0v) is 17.2. The third-order valence-corrected chi connectivity index (χ3v) is 7.73. The van der Waals surface area contributed by atoms with E-state index in [2.05, 4.69) is 10.4 Å². The van der Waals surface area contributed by atoms with Crippen molar-refractivity contribution in [2.45, 2.75) is 24.0 Å². The van der Waals surface area contributed by atoms with E-state index in [9.17, 15) is 13.2 Å². The number of methoxy groups -OCH3 is 2. The molecule has 28 heavy (non-hydrogen) atoms. The van der Waals surface area contributed by atoms with Gasteiger partial charge in [0.1, 0.15) is 5.82 Å². The van der Waals surface area contributed by atoms with Gasteiger partial charge in [0, 0.05) is 22.6 Å². The summed E-state index contributed by atoms with van der Waals surface area (Å²) in [6, 6.07) is 4.70. The van der Waals surface area contributed by atoms with Gasteiger partial charge in [0.25, 0.3) is 5.91 Å². The van der Waals surface area contributed by atoms with E-state index in [1.165, 1.54) is 14.2 Å². The highest BCUT2D eigenvalue weighted by molar-refractivity contribution is 7.98. The second-order valence-electron chi connectivity index (χ2n) is 6.79. The summed E-state index contributed by atoms with van der Waals surface area (Å²) in [5, 5.41) is 7.58. The molecule has 2 aliphatic rings. The summed E-state index contributed by atoms with van der Waals surface area (Å²) in [5.41, 5.74) is 2.31. The molecule has 4 rings (SSSR count). The monoisotopic (exact) mass is 423 g/mol. The number of nitrogens with zero attached hydrogens (tertiary/aromatic N) is 2. The van der Waals surface area contributed by atoms with Gasteiger partial charge < -0.3 is 14.8 Å². The van der Waals surface area contributed by atoms with Crippen LogP contribution in [-0.4, -0.2) is 49.8 Å². The summed E-state index contributed by atoms with van der Waals surface area (Å²) in [5.74, 6) is 3.02. The van der Waals surface area contributed by atoms with Crippen molar-refractivity contribution in [1.29, 1.82) is 0 Å². The van der Waals surface area contributed by atoms with Gasteiger partial charge in [0.15, 0.2) is 21.3 Å². The van der Waals surface area contributed by atoms with E-state index in [0.29, 0.717) is 29.3 Å². The lowest BCUT2D eigenvalue weighted by Gasteiger charge is -2.16. The third kappa shape index (κ3) is 3.46. The van der Waals surface area contributed by atoms with Gasteiger partial charge in [0.2, 0.25) is 0 Å². The van der Waals surface area contributed by atoms with Crippen LogP contribution in [0.1, 0.15) is 34.1 Å². The molecule has 1 fully saturated rings. The van der Waals surface area contributed by atoms with E-state index in [0.717, 1.165) is 22.8 Å². The Morgan fingerprint density at radius 1 is 1.25 bits per heavy atom. The number of rotatable bonds is 5. The first-order valence-corrected chi connectivity index (χ1v) is 11.8. The van der Waals surface area contributed by atoms with Crippen LogP contribution in [0.2, 0.25) is 0 Å². The fraction of sp³-hybridized carbons (Fsp3) is 0.444. The van der Waals surface area contributed by atoms with Crippen molar-refractivity contribution in [3.8, 4) is 11.5 Å². The normalized spacial score (nSPS) is 20.0. The first kappa shape index (κ1) is 19.1. The molecule has 0 saturated carbocycles. The molecular weight excluding hydrogens is 402 g/mol. The Bertz CT molecular complexity index is 1030. The predicted molar refractivity (Wildman–Crippen MR) is 107 cm³/mol. The van der Waals surface area contributed by atoms with E-state index in [1.807, 2.05) is 0 Å². The summed E-state index contributed by atoms with van der Waals surface area (Å²) in [6.07, 6.45) is 0.509. The van der Waals surface area contributed by atoms with Gasteiger partial charge in [0.05, 0.1) is 37.5 Å². The number of hydrogen-bond donors (Lipinski definition) is 1. The fourth-order valence-electron chi connectivity index (χ4n) is 3.56. The predicted octanol–water partition coefficient (Wildman–Crippen LogP) is 2.26. The fourth-order valence-corrected chi connectivity index (χ4v) is 6.28. The van der Waals surface area contributed by atoms with Gasteiger partial charge in [-0.1, -0.05) is 0 Å². The maximum absolute atomic E-state index is 12.9. The Labute approximate surface area is 167 Å². The lowest BCUT2D eigenvalue weighted by Crippen LogP contribution is -2.20. The molecule has 0 radical (unpaired) electrons. The number of thioether (sulfide) groups is 1. The van der Waals surface area contributed by atoms with Crippen molar-refractivity contribution in [3.63, 3.8) is 0 Å². The Hall–Kier alpha value is -2.20. The second-order valence-corrected chi connectivity index (χ2v) is 10.0. The van der Waals surface area contributed by atoms with Crippen LogP contribution < -0.4 is 14.8 Å². The van der Waals surface area contributed by atoms with Crippen molar-refractivity contribution in [2.75, 3.05) is 31.0 Å². The second kappa shape index (κ2) is 7.32. The van der Waals surface area contributed by atoms with Crippen LogP contribution in [-0.2, 0) is 21.3 Å². The highest BCUT2D eigenvalue weighted by Crippen LogP contribution is 2.38. The van der Waals surface area contributed by atoms with Crippen molar-refractivity contribution < 1.29 is 22.7 Å². The van der Waals surface area contributed by atoms with Crippen molar-refractivity contribution in [3.05, 3.63) is 35.0 Å².